The Labute approximate surface area is 86.9 Å². The summed E-state index contributed by atoms with van der Waals surface area (Å²) in [7, 11) is 0. The van der Waals surface area contributed by atoms with Gasteiger partial charge in [0.2, 0.25) is 0 Å². The Morgan fingerprint density at radius 2 is 2.43 bits per heavy atom. The number of morpholine rings is 1. The predicted molar refractivity (Wildman–Crippen MR) is 59.3 cm³/mol. The third kappa shape index (κ3) is 3.40. The van der Waals surface area contributed by atoms with E-state index in [0.717, 1.165) is 38.2 Å². The lowest BCUT2D eigenvalue weighted by Crippen LogP contribution is -2.50. The highest BCUT2D eigenvalue weighted by Crippen LogP contribution is 2.12. The standard InChI is InChI=1S/C11H22N2O/c1-4-13-5-6-14-11(8-13)10(12)7-9(2)3/h10-11H,2,4-8,12H2,1,3H3. The lowest BCUT2D eigenvalue weighted by Gasteiger charge is -2.35. The van der Waals surface area contributed by atoms with Gasteiger partial charge in [0.25, 0.3) is 0 Å². The van der Waals surface area contributed by atoms with Gasteiger partial charge in [0.1, 0.15) is 0 Å². The number of hydrogen-bond donors (Lipinski definition) is 1. The second kappa shape index (κ2) is 5.49. The minimum absolute atomic E-state index is 0.0989. The van der Waals surface area contributed by atoms with Crippen molar-refractivity contribution in [3.8, 4) is 0 Å². The average molecular weight is 198 g/mol. The van der Waals surface area contributed by atoms with Gasteiger partial charge in [0.15, 0.2) is 0 Å². The molecule has 1 heterocycles. The van der Waals surface area contributed by atoms with Gasteiger partial charge in [-0.05, 0) is 19.9 Å². The van der Waals surface area contributed by atoms with Crippen molar-refractivity contribution in [3.05, 3.63) is 12.2 Å². The summed E-state index contributed by atoms with van der Waals surface area (Å²) < 4.78 is 5.66. The van der Waals surface area contributed by atoms with E-state index in [1.165, 1.54) is 0 Å². The van der Waals surface area contributed by atoms with Crippen molar-refractivity contribution in [2.75, 3.05) is 26.2 Å². The molecule has 0 aromatic rings. The van der Waals surface area contributed by atoms with Gasteiger partial charge in [-0.25, -0.2) is 0 Å². The van der Waals surface area contributed by atoms with Crippen LogP contribution in [0.1, 0.15) is 20.3 Å². The van der Waals surface area contributed by atoms with E-state index >= 15 is 0 Å². The Morgan fingerprint density at radius 3 is 3.00 bits per heavy atom. The van der Waals surface area contributed by atoms with Crippen LogP contribution in [0.5, 0.6) is 0 Å². The smallest absolute Gasteiger partial charge is 0.0856 e. The maximum atomic E-state index is 6.05. The first-order valence-electron chi connectivity index (χ1n) is 5.37. The molecule has 14 heavy (non-hydrogen) atoms. The zero-order valence-electron chi connectivity index (χ0n) is 9.33. The second-order valence-corrected chi connectivity index (χ2v) is 4.13. The summed E-state index contributed by atoms with van der Waals surface area (Å²) in [4.78, 5) is 2.38. The highest BCUT2D eigenvalue weighted by Gasteiger charge is 2.24. The fourth-order valence-corrected chi connectivity index (χ4v) is 1.81. The number of nitrogens with two attached hydrogens (primary N) is 1. The van der Waals surface area contributed by atoms with E-state index in [1.54, 1.807) is 0 Å². The molecule has 2 N–H and O–H groups in total. The summed E-state index contributed by atoms with van der Waals surface area (Å²) in [5.74, 6) is 0. The van der Waals surface area contributed by atoms with Gasteiger partial charge >= 0.3 is 0 Å². The fourth-order valence-electron chi connectivity index (χ4n) is 1.81. The molecule has 3 nitrogen and oxygen atoms in total. The van der Waals surface area contributed by atoms with E-state index in [1.807, 2.05) is 6.92 Å². The summed E-state index contributed by atoms with van der Waals surface area (Å²) in [6.07, 6.45) is 1.04. The van der Waals surface area contributed by atoms with Gasteiger partial charge in [-0.15, -0.1) is 6.58 Å². The molecule has 1 saturated heterocycles. The minimum atomic E-state index is 0.0989. The SMILES string of the molecule is C=C(C)CC(N)C1CN(CC)CCO1. The Hall–Kier alpha value is -0.380. The van der Waals surface area contributed by atoms with Gasteiger partial charge in [-0.1, -0.05) is 12.5 Å². The van der Waals surface area contributed by atoms with Crippen molar-refractivity contribution in [2.24, 2.45) is 5.73 Å². The van der Waals surface area contributed by atoms with Gasteiger partial charge in [-0.2, -0.15) is 0 Å². The first kappa shape index (κ1) is 11.7. The van der Waals surface area contributed by atoms with Crippen LogP contribution in [0.25, 0.3) is 0 Å². The monoisotopic (exact) mass is 198 g/mol. The van der Waals surface area contributed by atoms with Crippen molar-refractivity contribution >= 4 is 0 Å². The molecule has 0 aromatic carbocycles. The van der Waals surface area contributed by atoms with Crippen LogP contribution < -0.4 is 5.73 Å². The zero-order chi connectivity index (χ0) is 10.6. The van der Waals surface area contributed by atoms with Crippen molar-refractivity contribution < 1.29 is 4.74 Å². The Morgan fingerprint density at radius 1 is 1.71 bits per heavy atom. The third-order valence-electron chi connectivity index (χ3n) is 2.69. The van der Waals surface area contributed by atoms with Crippen LogP contribution in [0.4, 0.5) is 0 Å². The van der Waals surface area contributed by atoms with Crippen LogP contribution in [0.3, 0.4) is 0 Å². The van der Waals surface area contributed by atoms with Crippen LogP contribution in [0, 0.1) is 0 Å². The molecular weight excluding hydrogens is 176 g/mol. The zero-order valence-corrected chi connectivity index (χ0v) is 9.33. The van der Waals surface area contributed by atoms with E-state index in [9.17, 15) is 0 Å². The summed E-state index contributed by atoms with van der Waals surface area (Å²) in [6, 6.07) is 0.0989. The number of nitrogens with zero attached hydrogens (tertiary/aromatic N) is 1. The maximum Gasteiger partial charge on any atom is 0.0856 e. The predicted octanol–water partition coefficient (Wildman–Crippen LogP) is 1.00. The molecule has 0 spiro atoms. The molecule has 0 radical (unpaired) electrons. The molecule has 1 fully saturated rings. The third-order valence-corrected chi connectivity index (χ3v) is 2.69. The van der Waals surface area contributed by atoms with E-state index in [-0.39, 0.29) is 12.1 Å². The molecule has 1 rings (SSSR count). The lowest BCUT2D eigenvalue weighted by atomic mass is 10.0. The molecule has 2 unspecified atom stereocenters. The molecule has 1 aliphatic rings. The largest absolute Gasteiger partial charge is 0.374 e. The molecule has 2 atom stereocenters. The van der Waals surface area contributed by atoms with Crippen molar-refractivity contribution in [1.29, 1.82) is 0 Å². The van der Waals surface area contributed by atoms with Crippen molar-refractivity contribution in [2.45, 2.75) is 32.4 Å². The van der Waals surface area contributed by atoms with Crippen LogP contribution in [0.15, 0.2) is 12.2 Å². The van der Waals surface area contributed by atoms with Crippen LogP contribution >= 0.6 is 0 Å². The van der Waals surface area contributed by atoms with Crippen molar-refractivity contribution in [3.63, 3.8) is 0 Å². The minimum Gasteiger partial charge on any atom is -0.374 e. The molecule has 82 valence electrons. The van der Waals surface area contributed by atoms with E-state index < -0.39 is 0 Å². The normalized spacial score (nSPS) is 26.1. The summed E-state index contributed by atoms with van der Waals surface area (Å²) >= 11 is 0. The highest BCUT2D eigenvalue weighted by molar-refractivity contribution is 4.95. The Bertz CT molecular complexity index is 194. The highest BCUT2D eigenvalue weighted by atomic mass is 16.5. The van der Waals surface area contributed by atoms with Crippen molar-refractivity contribution in [1.82, 2.24) is 4.90 Å². The first-order chi connectivity index (χ1) is 6.63. The van der Waals surface area contributed by atoms with Gasteiger partial charge in [0.05, 0.1) is 12.7 Å². The fraction of sp³-hybridized carbons (Fsp3) is 0.818. The molecule has 0 aromatic heterocycles. The molecule has 3 heteroatoms. The lowest BCUT2D eigenvalue weighted by molar-refractivity contribution is -0.0385. The maximum absolute atomic E-state index is 6.05. The molecule has 0 bridgehead atoms. The Kier molecular flexibility index (Phi) is 4.58. The number of hydrogen-bond acceptors (Lipinski definition) is 3. The second-order valence-electron chi connectivity index (χ2n) is 4.13. The van der Waals surface area contributed by atoms with Crippen LogP contribution in [-0.2, 0) is 4.74 Å². The van der Waals surface area contributed by atoms with Crippen LogP contribution in [0.2, 0.25) is 0 Å². The Balaban J connectivity index is 2.38. The van der Waals surface area contributed by atoms with Gasteiger partial charge in [0, 0.05) is 19.1 Å². The molecule has 0 amide bonds. The quantitative estimate of drug-likeness (QED) is 0.685. The molecule has 0 aliphatic carbocycles. The van der Waals surface area contributed by atoms with E-state index in [0.29, 0.717) is 0 Å². The van der Waals surface area contributed by atoms with Gasteiger partial charge in [-0.3, -0.25) is 4.90 Å². The van der Waals surface area contributed by atoms with E-state index in [4.69, 9.17) is 10.5 Å². The molecule has 0 saturated carbocycles. The average Bonchev–Trinajstić information content (AvgIpc) is 2.17. The molecular formula is C11H22N2O. The number of ether oxygens (including phenoxy) is 1. The summed E-state index contributed by atoms with van der Waals surface area (Å²) in [5.41, 5.74) is 7.19. The summed E-state index contributed by atoms with van der Waals surface area (Å²) in [5, 5.41) is 0. The van der Waals surface area contributed by atoms with Crippen LogP contribution in [-0.4, -0.2) is 43.3 Å². The number of likely N-dealkylation sites (N-methyl/N-ethyl adjacent to an activating group) is 1. The number of rotatable bonds is 4. The summed E-state index contributed by atoms with van der Waals surface area (Å²) in [6.45, 7) is 12.0. The topological polar surface area (TPSA) is 38.5 Å². The van der Waals surface area contributed by atoms with Gasteiger partial charge < -0.3 is 10.5 Å². The van der Waals surface area contributed by atoms with E-state index in [2.05, 4.69) is 18.4 Å². The first-order valence-corrected chi connectivity index (χ1v) is 5.37. The molecule has 1 aliphatic heterocycles.